The Morgan fingerprint density at radius 3 is 1.73 bits per heavy atom. The van der Waals surface area contributed by atoms with Crippen molar-refractivity contribution in [3.05, 3.63) is 94.5 Å². The van der Waals surface area contributed by atoms with Gasteiger partial charge >= 0.3 is 6.09 Å². The summed E-state index contributed by atoms with van der Waals surface area (Å²) in [6, 6.07) is 21.2. The van der Waals surface area contributed by atoms with Gasteiger partial charge in [-0.15, -0.1) is 0 Å². The topological polar surface area (TPSA) is 89.7 Å². The largest absolute Gasteiger partial charge is 0.444 e. The zero-order valence-corrected chi connectivity index (χ0v) is 26.2. The molecule has 9 heteroatoms. The van der Waals surface area contributed by atoms with Gasteiger partial charge in [-0.2, -0.15) is 0 Å². The van der Waals surface area contributed by atoms with Gasteiger partial charge < -0.3 is 10.5 Å². The molecule has 3 rings (SSSR count). The van der Waals surface area contributed by atoms with E-state index in [1.165, 1.54) is 0 Å². The first-order chi connectivity index (χ1) is 19.5. The summed E-state index contributed by atoms with van der Waals surface area (Å²) in [7, 11) is -1.68. The molecule has 0 aliphatic carbocycles. The fourth-order valence-corrected chi connectivity index (χ4v) is 6.92. The molecule has 41 heavy (non-hydrogen) atoms. The molecule has 0 fully saturated rings. The van der Waals surface area contributed by atoms with Crippen LogP contribution in [-0.4, -0.2) is 34.5 Å². The molecule has 2 atom stereocenters. The van der Waals surface area contributed by atoms with Crippen LogP contribution in [0.15, 0.2) is 78.9 Å². The van der Waals surface area contributed by atoms with Crippen LogP contribution in [0.5, 0.6) is 0 Å². The first-order valence-corrected chi connectivity index (χ1v) is 15.7. The summed E-state index contributed by atoms with van der Waals surface area (Å²) in [5.74, 6) is -0.539. The lowest BCUT2D eigenvalue weighted by atomic mass is 10.00. The van der Waals surface area contributed by atoms with Crippen molar-refractivity contribution in [3.63, 3.8) is 0 Å². The second-order valence-electron chi connectivity index (χ2n) is 10.8. The summed E-state index contributed by atoms with van der Waals surface area (Å²) in [4.78, 5) is 43.2. The maximum Gasteiger partial charge on any atom is 0.417 e. The van der Waals surface area contributed by atoms with E-state index >= 15 is 0 Å². The van der Waals surface area contributed by atoms with Crippen LogP contribution in [0.3, 0.4) is 0 Å². The minimum absolute atomic E-state index is 0.0187. The summed E-state index contributed by atoms with van der Waals surface area (Å²) >= 11 is 12.3. The first kappa shape index (κ1) is 32.8. The number of hydrogen-bond acceptors (Lipinski definition) is 5. The highest BCUT2D eigenvalue weighted by Gasteiger charge is 2.42. The molecular formula is C32H37Cl2N2O4P. The van der Waals surface area contributed by atoms with E-state index < -0.39 is 32.0 Å². The van der Waals surface area contributed by atoms with Crippen molar-refractivity contribution in [2.45, 2.75) is 59.2 Å². The van der Waals surface area contributed by atoms with Gasteiger partial charge in [0.1, 0.15) is 12.6 Å². The lowest BCUT2D eigenvalue weighted by Gasteiger charge is -2.34. The third kappa shape index (κ3) is 9.37. The molecule has 3 aromatic rings. The molecule has 0 heterocycles. The second kappa shape index (κ2) is 15.5. The number of halogens is 2. The van der Waals surface area contributed by atoms with E-state index in [1.807, 2.05) is 58.0 Å². The summed E-state index contributed by atoms with van der Waals surface area (Å²) in [5.41, 5.74) is 6.83. The van der Waals surface area contributed by atoms with Gasteiger partial charge in [-0.1, -0.05) is 105 Å². The first-order valence-electron chi connectivity index (χ1n) is 13.6. The number of amides is 2. The van der Waals surface area contributed by atoms with Crippen LogP contribution in [0.4, 0.5) is 4.79 Å². The summed E-state index contributed by atoms with van der Waals surface area (Å²) in [6.45, 7) is 7.73. The highest BCUT2D eigenvalue weighted by atomic mass is 35.5. The van der Waals surface area contributed by atoms with Crippen molar-refractivity contribution >= 4 is 59.3 Å². The lowest BCUT2D eigenvalue weighted by molar-refractivity contribution is -0.137. The number of carbonyl (C=O) groups is 3. The standard InChI is InChI=1S/C32H37Cl2N2O4P/c1-21(2)18-28(35)30(37)36(32(39)40-20-23-8-6-5-7-9-23)29(19-22(3)4)31(38)41(26-14-10-24(33)11-15-26)27-16-12-25(34)13-17-27/h5-17,21-22,28-29H,18-20,35H2,1-4H3/t28-,29-/m0/s1. The highest BCUT2D eigenvalue weighted by molar-refractivity contribution is 7.87. The van der Waals surface area contributed by atoms with Crippen LogP contribution in [0, 0.1) is 11.8 Å². The molecule has 0 aliphatic rings. The van der Waals surface area contributed by atoms with E-state index in [2.05, 4.69) is 0 Å². The van der Waals surface area contributed by atoms with E-state index in [4.69, 9.17) is 33.7 Å². The Balaban J connectivity index is 2.09. The molecule has 2 N–H and O–H groups in total. The number of carbonyl (C=O) groups excluding carboxylic acids is 3. The van der Waals surface area contributed by atoms with Crippen LogP contribution >= 0.6 is 31.1 Å². The Kier molecular flexibility index (Phi) is 12.4. The van der Waals surface area contributed by atoms with Crippen molar-refractivity contribution in [1.29, 1.82) is 0 Å². The molecule has 0 aromatic heterocycles. The molecule has 0 aliphatic heterocycles. The molecule has 218 valence electrons. The predicted molar refractivity (Wildman–Crippen MR) is 168 cm³/mol. The van der Waals surface area contributed by atoms with Crippen molar-refractivity contribution in [3.8, 4) is 0 Å². The molecule has 2 amide bonds. The molecular weight excluding hydrogens is 578 g/mol. The maximum atomic E-state index is 14.6. The van der Waals surface area contributed by atoms with Crippen molar-refractivity contribution in [2.75, 3.05) is 0 Å². The SMILES string of the molecule is CC(C)C[C@H](N)C(=O)N(C(=O)OCc1ccccc1)[C@@H](CC(C)C)C(=O)P(c1ccc(Cl)cc1)c1ccc(Cl)cc1. The number of ether oxygens (including phenoxy) is 1. The molecule has 0 bridgehead atoms. The molecule has 0 unspecified atom stereocenters. The Morgan fingerprint density at radius 2 is 1.27 bits per heavy atom. The number of hydrogen-bond donors (Lipinski definition) is 1. The third-order valence-corrected chi connectivity index (χ3v) is 9.24. The van der Waals surface area contributed by atoms with Crippen molar-refractivity contribution in [1.82, 2.24) is 4.90 Å². The monoisotopic (exact) mass is 614 g/mol. The van der Waals surface area contributed by atoms with Crippen LogP contribution in [0.25, 0.3) is 0 Å². The smallest absolute Gasteiger partial charge is 0.417 e. The minimum Gasteiger partial charge on any atom is -0.444 e. The quantitative estimate of drug-likeness (QED) is 0.224. The molecule has 0 spiro atoms. The summed E-state index contributed by atoms with van der Waals surface area (Å²) < 4.78 is 5.63. The van der Waals surface area contributed by atoms with E-state index in [-0.39, 0.29) is 30.4 Å². The predicted octanol–water partition coefficient (Wildman–Crippen LogP) is 6.91. The van der Waals surface area contributed by atoms with Gasteiger partial charge in [0.15, 0.2) is 5.52 Å². The fourth-order valence-electron chi connectivity index (χ4n) is 4.44. The van der Waals surface area contributed by atoms with Gasteiger partial charge in [0, 0.05) is 18.0 Å². The number of nitrogens with zero attached hydrogens (tertiary/aromatic N) is 1. The van der Waals surface area contributed by atoms with Gasteiger partial charge in [-0.05, 0) is 65.1 Å². The Bertz CT molecular complexity index is 1260. The van der Waals surface area contributed by atoms with E-state index in [0.717, 1.165) is 21.1 Å². The van der Waals surface area contributed by atoms with Crippen LogP contribution in [0.2, 0.25) is 10.0 Å². The molecule has 0 saturated heterocycles. The number of rotatable bonds is 12. The fraction of sp³-hybridized carbons (Fsp3) is 0.344. The Labute approximate surface area is 253 Å². The highest BCUT2D eigenvalue weighted by Crippen LogP contribution is 2.39. The Morgan fingerprint density at radius 1 is 0.780 bits per heavy atom. The summed E-state index contributed by atoms with van der Waals surface area (Å²) in [5, 5.41) is 2.54. The average Bonchev–Trinajstić information content (AvgIpc) is 2.93. The maximum absolute atomic E-state index is 14.6. The van der Waals surface area contributed by atoms with E-state index in [1.54, 1.807) is 48.5 Å². The van der Waals surface area contributed by atoms with E-state index in [0.29, 0.717) is 16.5 Å². The van der Waals surface area contributed by atoms with Gasteiger partial charge in [0.25, 0.3) is 0 Å². The van der Waals surface area contributed by atoms with Crippen LogP contribution in [0.1, 0.15) is 46.1 Å². The van der Waals surface area contributed by atoms with Crippen molar-refractivity contribution in [2.24, 2.45) is 17.6 Å². The van der Waals surface area contributed by atoms with Gasteiger partial charge in [-0.3, -0.25) is 9.59 Å². The minimum atomic E-state index is -1.68. The van der Waals surface area contributed by atoms with Crippen LogP contribution in [-0.2, 0) is 20.9 Å². The average molecular weight is 616 g/mol. The van der Waals surface area contributed by atoms with Gasteiger partial charge in [-0.25, -0.2) is 9.69 Å². The Hall–Kier alpha value is -2.76. The molecule has 0 radical (unpaired) electrons. The van der Waals surface area contributed by atoms with Crippen molar-refractivity contribution < 1.29 is 19.1 Å². The zero-order valence-electron chi connectivity index (χ0n) is 23.8. The number of nitrogens with two attached hydrogens (primary N) is 1. The number of benzene rings is 3. The summed E-state index contributed by atoms with van der Waals surface area (Å²) in [6.07, 6.45) is -0.286. The number of imide groups is 1. The third-order valence-electron chi connectivity index (χ3n) is 6.36. The normalized spacial score (nSPS) is 12.8. The van der Waals surface area contributed by atoms with E-state index in [9.17, 15) is 14.4 Å². The molecule has 3 aromatic carbocycles. The van der Waals surface area contributed by atoms with Gasteiger partial charge in [0.05, 0.1) is 6.04 Å². The van der Waals surface area contributed by atoms with Crippen LogP contribution < -0.4 is 16.3 Å². The second-order valence-corrected chi connectivity index (χ2v) is 13.8. The lowest BCUT2D eigenvalue weighted by Crippen LogP contribution is -2.55. The van der Waals surface area contributed by atoms with Gasteiger partial charge in [0.2, 0.25) is 5.91 Å². The zero-order chi connectivity index (χ0) is 30.1. The molecule has 0 saturated carbocycles. The molecule has 6 nitrogen and oxygen atoms in total.